The fourth-order valence-corrected chi connectivity index (χ4v) is 3.56. The van der Waals surface area contributed by atoms with Gasteiger partial charge in [-0.25, -0.2) is 0 Å². The van der Waals surface area contributed by atoms with Gasteiger partial charge in [-0.3, -0.25) is 0 Å². The Morgan fingerprint density at radius 1 is 1.15 bits per heavy atom. The first-order chi connectivity index (χ1) is 9.76. The smallest absolute Gasteiger partial charge is 0.0395 e. The van der Waals surface area contributed by atoms with E-state index in [2.05, 4.69) is 55.3 Å². The molecule has 20 heavy (non-hydrogen) atoms. The average molecular weight is 274 g/mol. The zero-order chi connectivity index (χ0) is 14.4. The summed E-state index contributed by atoms with van der Waals surface area (Å²) in [7, 11) is 0. The van der Waals surface area contributed by atoms with E-state index in [1.165, 1.54) is 43.5 Å². The number of aryl methyl sites for hydroxylation is 1. The predicted octanol–water partition coefficient (Wildman–Crippen LogP) is 3.99. The Morgan fingerprint density at radius 2 is 1.90 bits per heavy atom. The van der Waals surface area contributed by atoms with Crippen molar-refractivity contribution in [1.82, 2.24) is 5.32 Å². The Labute approximate surface area is 124 Å². The van der Waals surface area contributed by atoms with Crippen molar-refractivity contribution in [3.8, 4) is 0 Å². The first-order valence-corrected chi connectivity index (χ1v) is 8.30. The minimum atomic E-state index is 0.715. The lowest BCUT2D eigenvalue weighted by Gasteiger charge is -2.37. The molecule has 2 rings (SSSR count). The molecule has 1 aliphatic carbocycles. The van der Waals surface area contributed by atoms with Gasteiger partial charge in [0, 0.05) is 24.8 Å². The normalized spacial score (nSPS) is 22.8. The van der Waals surface area contributed by atoms with Gasteiger partial charge in [0.15, 0.2) is 0 Å². The number of benzene rings is 1. The summed E-state index contributed by atoms with van der Waals surface area (Å²) in [4.78, 5) is 2.57. The van der Waals surface area contributed by atoms with Gasteiger partial charge in [0.1, 0.15) is 0 Å². The molecule has 112 valence electrons. The molecule has 0 radical (unpaired) electrons. The largest absolute Gasteiger partial charge is 0.371 e. The van der Waals surface area contributed by atoms with Crippen LogP contribution in [0.5, 0.6) is 0 Å². The second-order valence-electron chi connectivity index (χ2n) is 6.03. The van der Waals surface area contributed by atoms with Crippen LogP contribution in [0.2, 0.25) is 0 Å². The first kappa shape index (κ1) is 15.4. The zero-order valence-electron chi connectivity index (χ0n) is 13.4. The van der Waals surface area contributed by atoms with Crippen molar-refractivity contribution in [2.75, 3.05) is 24.5 Å². The van der Waals surface area contributed by atoms with E-state index in [1.54, 1.807) is 0 Å². The van der Waals surface area contributed by atoms with E-state index in [-0.39, 0.29) is 0 Å². The Hall–Kier alpha value is -1.02. The molecule has 1 fully saturated rings. The molecule has 0 aromatic heterocycles. The SMILES string of the molecule is CCNC1CCCCC1CN(CC)c1ccccc1C. The monoisotopic (exact) mass is 274 g/mol. The lowest BCUT2D eigenvalue weighted by molar-refractivity contribution is 0.268. The van der Waals surface area contributed by atoms with E-state index in [9.17, 15) is 0 Å². The minimum absolute atomic E-state index is 0.715. The Kier molecular flexibility index (Phi) is 5.90. The number of nitrogens with one attached hydrogen (secondary N) is 1. The molecule has 0 bridgehead atoms. The fraction of sp³-hybridized carbons (Fsp3) is 0.667. The van der Waals surface area contributed by atoms with Crippen molar-refractivity contribution in [3.05, 3.63) is 29.8 Å². The zero-order valence-corrected chi connectivity index (χ0v) is 13.4. The summed E-state index contributed by atoms with van der Waals surface area (Å²) >= 11 is 0. The van der Waals surface area contributed by atoms with Gasteiger partial charge in [-0.15, -0.1) is 0 Å². The molecule has 2 unspecified atom stereocenters. The molecular weight excluding hydrogens is 244 g/mol. The molecule has 1 N–H and O–H groups in total. The number of para-hydroxylation sites is 1. The molecule has 0 spiro atoms. The van der Waals surface area contributed by atoms with Gasteiger partial charge >= 0.3 is 0 Å². The number of anilines is 1. The third-order valence-corrected chi connectivity index (χ3v) is 4.67. The lowest BCUT2D eigenvalue weighted by Crippen LogP contribution is -2.44. The maximum atomic E-state index is 3.70. The number of rotatable bonds is 6. The number of hydrogen-bond acceptors (Lipinski definition) is 2. The summed E-state index contributed by atoms with van der Waals surface area (Å²) in [6, 6.07) is 9.50. The van der Waals surface area contributed by atoms with Crippen LogP contribution in [0.3, 0.4) is 0 Å². The Bertz CT molecular complexity index is 400. The third kappa shape index (κ3) is 3.76. The molecule has 0 heterocycles. The highest BCUT2D eigenvalue weighted by Crippen LogP contribution is 2.28. The van der Waals surface area contributed by atoms with Crippen LogP contribution < -0.4 is 10.2 Å². The van der Waals surface area contributed by atoms with Gasteiger partial charge < -0.3 is 10.2 Å². The second kappa shape index (κ2) is 7.68. The van der Waals surface area contributed by atoms with Crippen LogP contribution in [-0.4, -0.2) is 25.7 Å². The molecule has 1 aromatic carbocycles. The van der Waals surface area contributed by atoms with E-state index >= 15 is 0 Å². The highest BCUT2D eigenvalue weighted by atomic mass is 15.1. The van der Waals surface area contributed by atoms with Crippen LogP contribution in [0.25, 0.3) is 0 Å². The van der Waals surface area contributed by atoms with Crippen LogP contribution in [0, 0.1) is 12.8 Å². The van der Waals surface area contributed by atoms with Crippen molar-refractivity contribution in [1.29, 1.82) is 0 Å². The van der Waals surface area contributed by atoms with Gasteiger partial charge in [-0.05, 0) is 50.8 Å². The summed E-state index contributed by atoms with van der Waals surface area (Å²) in [5.74, 6) is 0.795. The number of nitrogens with zero attached hydrogens (tertiary/aromatic N) is 1. The molecule has 0 aliphatic heterocycles. The lowest BCUT2D eigenvalue weighted by atomic mass is 9.84. The van der Waals surface area contributed by atoms with Crippen LogP contribution >= 0.6 is 0 Å². The summed E-state index contributed by atoms with van der Waals surface area (Å²) in [5, 5.41) is 3.70. The highest BCUT2D eigenvalue weighted by molar-refractivity contribution is 5.52. The molecule has 1 saturated carbocycles. The van der Waals surface area contributed by atoms with E-state index in [0.29, 0.717) is 6.04 Å². The van der Waals surface area contributed by atoms with E-state index < -0.39 is 0 Å². The van der Waals surface area contributed by atoms with Crippen molar-refractivity contribution < 1.29 is 0 Å². The van der Waals surface area contributed by atoms with E-state index in [4.69, 9.17) is 0 Å². The van der Waals surface area contributed by atoms with Crippen LogP contribution in [0.1, 0.15) is 45.1 Å². The molecule has 1 aromatic rings. The third-order valence-electron chi connectivity index (χ3n) is 4.67. The maximum absolute atomic E-state index is 3.70. The molecule has 2 heteroatoms. The second-order valence-corrected chi connectivity index (χ2v) is 6.03. The summed E-state index contributed by atoms with van der Waals surface area (Å²) in [6.07, 6.45) is 5.52. The standard InChI is InChI=1S/C18H30N2/c1-4-19-17-12-8-7-11-16(17)14-20(5-2)18-13-9-6-10-15(18)3/h6,9-10,13,16-17,19H,4-5,7-8,11-12,14H2,1-3H3. The molecule has 0 amide bonds. The number of hydrogen-bond donors (Lipinski definition) is 1. The van der Waals surface area contributed by atoms with Gasteiger partial charge in [-0.2, -0.15) is 0 Å². The predicted molar refractivity (Wildman–Crippen MR) is 88.5 cm³/mol. The summed E-state index contributed by atoms with van der Waals surface area (Å²) < 4.78 is 0. The molecule has 2 nitrogen and oxygen atoms in total. The van der Waals surface area contributed by atoms with Gasteiger partial charge in [0.25, 0.3) is 0 Å². The van der Waals surface area contributed by atoms with Crippen molar-refractivity contribution in [2.45, 2.75) is 52.5 Å². The summed E-state index contributed by atoms with van der Waals surface area (Å²) in [5.41, 5.74) is 2.81. The van der Waals surface area contributed by atoms with E-state index in [0.717, 1.165) is 19.0 Å². The Balaban J connectivity index is 2.06. The molecular formula is C18H30N2. The highest BCUT2D eigenvalue weighted by Gasteiger charge is 2.26. The summed E-state index contributed by atoms with van der Waals surface area (Å²) in [6.45, 7) is 10.1. The van der Waals surface area contributed by atoms with Gasteiger partial charge in [0.05, 0.1) is 0 Å². The maximum Gasteiger partial charge on any atom is 0.0395 e. The van der Waals surface area contributed by atoms with Crippen LogP contribution in [0.15, 0.2) is 24.3 Å². The van der Waals surface area contributed by atoms with Crippen LogP contribution in [-0.2, 0) is 0 Å². The van der Waals surface area contributed by atoms with Gasteiger partial charge in [-0.1, -0.05) is 38.0 Å². The quantitative estimate of drug-likeness (QED) is 0.844. The fourth-order valence-electron chi connectivity index (χ4n) is 3.56. The molecule has 2 atom stereocenters. The van der Waals surface area contributed by atoms with Crippen LogP contribution in [0.4, 0.5) is 5.69 Å². The van der Waals surface area contributed by atoms with Crippen molar-refractivity contribution >= 4 is 5.69 Å². The Morgan fingerprint density at radius 3 is 2.60 bits per heavy atom. The molecule has 0 saturated heterocycles. The topological polar surface area (TPSA) is 15.3 Å². The average Bonchev–Trinajstić information content (AvgIpc) is 2.47. The first-order valence-electron chi connectivity index (χ1n) is 8.30. The van der Waals surface area contributed by atoms with Crippen molar-refractivity contribution in [2.24, 2.45) is 5.92 Å². The molecule has 1 aliphatic rings. The van der Waals surface area contributed by atoms with E-state index in [1.807, 2.05) is 0 Å². The van der Waals surface area contributed by atoms with Gasteiger partial charge in [0.2, 0.25) is 0 Å². The minimum Gasteiger partial charge on any atom is -0.371 e. The van der Waals surface area contributed by atoms with Crippen molar-refractivity contribution in [3.63, 3.8) is 0 Å².